The van der Waals surface area contributed by atoms with Crippen molar-refractivity contribution in [3.63, 3.8) is 0 Å². The summed E-state index contributed by atoms with van der Waals surface area (Å²) < 4.78 is 5.50. The largest absolute Gasteiger partial charge is 0.463 e. The van der Waals surface area contributed by atoms with E-state index in [-0.39, 0.29) is 5.91 Å². The quantitative estimate of drug-likeness (QED) is 0.483. The molecule has 0 atom stereocenters. The monoisotopic (exact) mass is 397 g/mol. The zero-order chi connectivity index (χ0) is 20.5. The molecule has 2 aromatic carbocycles. The smallest absolute Gasteiger partial charge is 0.256 e. The van der Waals surface area contributed by atoms with Gasteiger partial charge in [-0.25, -0.2) is 4.98 Å². The fourth-order valence-corrected chi connectivity index (χ4v) is 4.06. The average molecular weight is 397 g/mol. The van der Waals surface area contributed by atoms with Gasteiger partial charge in [-0.2, -0.15) is 0 Å². The SMILES string of the molecule is Cc1cc(N2CCCC2)ccc1NC(=O)c1cc(-c2ccco2)nc2ccccc12. The Labute approximate surface area is 175 Å². The lowest BCUT2D eigenvalue weighted by Gasteiger charge is -2.19. The Bertz CT molecular complexity index is 1210. The number of fused-ring (bicyclic) bond motifs is 1. The summed E-state index contributed by atoms with van der Waals surface area (Å²) in [6.45, 7) is 4.24. The maximum atomic E-state index is 13.3. The van der Waals surface area contributed by atoms with E-state index < -0.39 is 0 Å². The summed E-state index contributed by atoms with van der Waals surface area (Å²) in [6, 6.07) is 19.4. The van der Waals surface area contributed by atoms with Gasteiger partial charge in [0.2, 0.25) is 0 Å². The number of amides is 1. The van der Waals surface area contributed by atoms with E-state index in [4.69, 9.17) is 4.42 Å². The summed E-state index contributed by atoms with van der Waals surface area (Å²) in [5.74, 6) is 0.486. The minimum atomic E-state index is -0.154. The van der Waals surface area contributed by atoms with Gasteiger partial charge >= 0.3 is 0 Å². The summed E-state index contributed by atoms with van der Waals surface area (Å²) in [4.78, 5) is 20.3. The second kappa shape index (κ2) is 7.67. The highest BCUT2D eigenvalue weighted by atomic mass is 16.3. The number of furan rings is 1. The Morgan fingerprint density at radius 1 is 1.03 bits per heavy atom. The van der Waals surface area contributed by atoms with Crippen LogP contribution in [0.25, 0.3) is 22.4 Å². The topological polar surface area (TPSA) is 58.4 Å². The molecule has 0 saturated carbocycles. The third-order valence-corrected chi connectivity index (χ3v) is 5.66. The van der Waals surface area contributed by atoms with Crippen molar-refractivity contribution < 1.29 is 9.21 Å². The number of pyridine rings is 1. The molecule has 1 fully saturated rings. The predicted octanol–water partition coefficient (Wildman–Crippen LogP) is 5.66. The lowest BCUT2D eigenvalue weighted by atomic mass is 10.1. The molecule has 1 aliphatic rings. The predicted molar refractivity (Wildman–Crippen MR) is 120 cm³/mol. The van der Waals surface area contributed by atoms with E-state index in [9.17, 15) is 4.79 Å². The molecule has 30 heavy (non-hydrogen) atoms. The number of hydrogen-bond acceptors (Lipinski definition) is 4. The zero-order valence-electron chi connectivity index (χ0n) is 16.9. The van der Waals surface area contributed by atoms with Gasteiger partial charge in [-0.3, -0.25) is 4.79 Å². The molecule has 1 amide bonds. The van der Waals surface area contributed by atoms with E-state index >= 15 is 0 Å². The number of hydrogen-bond donors (Lipinski definition) is 1. The number of nitrogens with zero attached hydrogens (tertiary/aromatic N) is 2. The van der Waals surface area contributed by atoms with Gasteiger partial charge in [0.15, 0.2) is 5.76 Å². The van der Waals surface area contributed by atoms with E-state index in [0.29, 0.717) is 17.0 Å². The van der Waals surface area contributed by atoms with Crippen LogP contribution < -0.4 is 10.2 Å². The number of carbonyl (C=O) groups excluding carboxylic acids is 1. The van der Waals surface area contributed by atoms with Crippen molar-refractivity contribution in [2.75, 3.05) is 23.3 Å². The van der Waals surface area contributed by atoms with Crippen molar-refractivity contribution in [3.8, 4) is 11.5 Å². The van der Waals surface area contributed by atoms with Crippen LogP contribution in [0, 0.1) is 6.92 Å². The van der Waals surface area contributed by atoms with Crippen LogP contribution in [0.4, 0.5) is 11.4 Å². The number of aryl methyl sites for hydroxylation is 1. The van der Waals surface area contributed by atoms with Gasteiger partial charge in [-0.05, 0) is 67.8 Å². The summed E-state index contributed by atoms with van der Waals surface area (Å²) in [7, 11) is 0. The molecule has 0 spiro atoms. The highest BCUT2D eigenvalue weighted by molar-refractivity contribution is 6.13. The van der Waals surface area contributed by atoms with Crippen LogP contribution in [0.1, 0.15) is 28.8 Å². The van der Waals surface area contributed by atoms with Crippen LogP contribution in [-0.4, -0.2) is 24.0 Å². The molecule has 3 heterocycles. The van der Waals surface area contributed by atoms with Gasteiger partial charge in [0.25, 0.3) is 5.91 Å². The molecule has 0 aliphatic carbocycles. The Balaban J connectivity index is 1.49. The lowest BCUT2D eigenvalue weighted by molar-refractivity contribution is 0.102. The fraction of sp³-hybridized carbons (Fsp3) is 0.200. The molecule has 0 bridgehead atoms. The summed E-state index contributed by atoms with van der Waals surface area (Å²) in [5, 5.41) is 3.91. The Morgan fingerprint density at radius 3 is 2.63 bits per heavy atom. The number of nitrogens with one attached hydrogen (secondary N) is 1. The maximum absolute atomic E-state index is 13.3. The molecule has 0 unspecified atom stereocenters. The van der Waals surface area contributed by atoms with Crippen molar-refractivity contribution in [3.05, 3.63) is 78.1 Å². The molecule has 5 nitrogen and oxygen atoms in total. The second-order valence-electron chi connectivity index (χ2n) is 7.70. The second-order valence-corrected chi connectivity index (χ2v) is 7.70. The Morgan fingerprint density at radius 2 is 1.87 bits per heavy atom. The van der Waals surface area contributed by atoms with Crippen molar-refractivity contribution in [1.29, 1.82) is 0 Å². The molecule has 150 valence electrons. The number of carbonyl (C=O) groups is 1. The third kappa shape index (κ3) is 3.43. The standard InChI is InChI=1S/C25H23N3O2/c1-17-15-18(28-12-4-5-13-28)10-11-21(17)27-25(29)20-16-23(24-9-6-14-30-24)26-22-8-3-2-7-19(20)22/h2-3,6-11,14-16H,4-5,12-13H2,1H3,(H,27,29). The van der Waals surface area contributed by atoms with Crippen molar-refractivity contribution in [2.24, 2.45) is 0 Å². The van der Waals surface area contributed by atoms with Crippen LogP contribution in [0.5, 0.6) is 0 Å². The van der Waals surface area contributed by atoms with Crippen molar-refractivity contribution in [1.82, 2.24) is 4.98 Å². The normalized spacial score (nSPS) is 13.7. The highest BCUT2D eigenvalue weighted by Crippen LogP contribution is 2.28. The molecule has 1 saturated heterocycles. The molecule has 0 radical (unpaired) electrons. The van der Waals surface area contributed by atoms with Crippen molar-refractivity contribution in [2.45, 2.75) is 19.8 Å². The minimum Gasteiger partial charge on any atom is -0.463 e. The number of rotatable bonds is 4. The highest BCUT2D eigenvalue weighted by Gasteiger charge is 2.17. The van der Waals surface area contributed by atoms with Crippen LogP contribution in [-0.2, 0) is 0 Å². The molecular weight excluding hydrogens is 374 g/mol. The number of para-hydroxylation sites is 1. The lowest BCUT2D eigenvalue weighted by Crippen LogP contribution is -2.18. The molecular formula is C25H23N3O2. The molecule has 5 heteroatoms. The van der Waals surface area contributed by atoms with Gasteiger partial charge in [0.1, 0.15) is 5.69 Å². The first-order valence-electron chi connectivity index (χ1n) is 10.3. The maximum Gasteiger partial charge on any atom is 0.256 e. The van der Waals surface area contributed by atoms with Crippen LogP contribution in [0.2, 0.25) is 0 Å². The number of aromatic nitrogens is 1. The van der Waals surface area contributed by atoms with Gasteiger partial charge < -0.3 is 14.6 Å². The first kappa shape index (κ1) is 18.4. The number of anilines is 2. The van der Waals surface area contributed by atoms with Gasteiger partial charge in [-0.1, -0.05) is 18.2 Å². The van der Waals surface area contributed by atoms with E-state index in [0.717, 1.165) is 35.2 Å². The van der Waals surface area contributed by atoms with Gasteiger partial charge in [0.05, 0.1) is 17.3 Å². The van der Waals surface area contributed by atoms with E-state index in [1.54, 1.807) is 12.3 Å². The first-order valence-corrected chi connectivity index (χ1v) is 10.3. The molecule has 1 aliphatic heterocycles. The Kier molecular flexibility index (Phi) is 4.71. The molecule has 4 aromatic rings. The molecule has 1 N–H and O–H groups in total. The van der Waals surface area contributed by atoms with Crippen molar-refractivity contribution >= 4 is 28.2 Å². The minimum absolute atomic E-state index is 0.154. The van der Waals surface area contributed by atoms with Gasteiger partial charge in [-0.15, -0.1) is 0 Å². The Hall–Kier alpha value is -3.60. The fourth-order valence-electron chi connectivity index (χ4n) is 4.06. The molecule has 2 aromatic heterocycles. The summed E-state index contributed by atoms with van der Waals surface area (Å²) >= 11 is 0. The molecule has 5 rings (SSSR count). The zero-order valence-corrected chi connectivity index (χ0v) is 16.9. The van der Waals surface area contributed by atoms with Crippen LogP contribution in [0.15, 0.2) is 71.3 Å². The van der Waals surface area contributed by atoms with Gasteiger partial charge in [0, 0.05) is 29.9 Å². The first-order chi connectivity index (χ1) is 14.7. The summed E-state index contributed by atoms with van der Waals surface area (Å²) in [5.41, 5.74) is 5.08. The average Bonchev–Trinajstić information content (AvgIpc) is 3.48. The van der Waals surface area contributed by atoms with E-state index in [1.165, 1.54) is 18.5 Å². The number of benzene rings is 2. The van der Waals surface area contributed by atoms with Crippen LogP contribution >= 0.6 is 0 Å². The van der Waals surface area contributed by atoms with E-state index in [1.807, 2.05) is 49.4 Å². The van der Waals surface area contributed by atoms with Crippen LogP contribution in [0.3, 0.4) is 0 Å². The van der Waals surface area contributed by atoms with E-state index in [2.05, 4.69) is 27.3 Å². The third-order valence-electron chi connectivity index (χ3n) is 5.66. The summed E-state index contributed by atoms with van der Waals surface area (Å²) in [6.07, 6.45) is 4.09.